The van der Waals surface area contributed by atoms with Crippen molar-refractivity contribution in [2.24, 2.45) is 0 Å². The smallest absolute Gasteiger partial charge is 0.286 e. The molecule has 0 bridgehead atoms. The van der Waals surface area contributed by atoms with E-state index in [9.17, 15) is 22.0 Å². The van der Waals surface area contributed by atoms with E-state index in [4.69, 9.17) is 0 Å². The summed E-state index contributed by atoms with van der Waals surface area (Å²) in [6, 6.07) is 3.36. The van der Waals surface area contributed by atoms with Crippen LogP contribution in [0.4, 0.5) is 33.8 Å². The summed E-state index contributed by atoms with van der Waals surface area (Å²) >= 11 is 0. The second kappa shape index (κ2) is 6.98. The standard InChI is InChI=1S/C19H21F5N6/c1-17(20)6-10(7-17)25-15-28-14(12-4-3-5-13(27-12)18(2,21)22)29-16(30-15)26-11-8-19(23,24)9-11/h3-5,10-11H,6-9H2,1-2H3,(H2,25,26,28,29,30). The monoisotopic (exact) mass is 428 g/mol. The van der Waals surface area contributed by atoms with Crippen molar-refractivity contribution in [3.63, 3.8) is 0 Å². The van der Waals surface area contributed by atoms with Gasteiger partial charge in [-0.2, -0.15) is 23.7 Å². The first-order valence-corrected chi connectivity index (χ1v) is 9.60. The van der Waals surface area contributed by atoms with Crippen LogP contribution in [0.5, 0.6) is 0 Å². The maximum absolute atomic E-state index is 13.8. The van der Waals surface area contributed by atoms with Crippen LogP contribution in [0, 0.1) is 0 Å². The van der Waals surface area contributed by atoms with Gasteiger partial charge in [0.15, 0.2) is 5.82 Å². The summed E-state index contributed by atoms with van der Waals surface area (Å²) in [5, 5.41) is 5.81. The minimum Gasteiger partial charge on any atom is -0.351 e. The van der Waals surface area contributed by atoms with Gasteiger partial charge in [0, 0.05) is 44.7 Å². The third-order valence-electron chi connectivity index (χ3n) is 5.16. The molecule has 0 aliphatic heterocycles. The highest BCUT2D eigenvalue weighted by Crippen LogP contribution is 2.39. The van der Waals surface area contributed by atoms with Gasteiger partial charge in [0.2, 0.25) is 11.9 Å². The van der Waals surface area contributed by atoms with Gasteiger partial charge in [0.1, 0.15) is 17.1 Å². The van der Waals surface area contributed by atoms with E-state index in [1.165, 1.54) is 25.1 Å². The van der Waals surface area contributed by atoms with Crippen LogP contribution in [0.3, 0.4) is 0 Å². The van der Waals surface area contributed by atoms with Crippen molar-refractivity contribution in [1.29, 1.82) is 0 Å². The third-order valence-corrected chi connectivity index (χ3v) is 5.16. The average molecular weight is 428 g/mol. The molecule has 0 radical (unpaired) electrons. The van der Waals surface area contributed by atoms with Crippen LogP contribution in [0.25, 0.3) is 11.5 Å². The second-order valence-corrected chi connectivity index (χ2v) is 8.37. The Morgan fingerprint density at radius 3 is 1.97 bits per heavy atom. The number of anilines is 2. The summed E-state index contributed by atoms with van der Waals surface area (Å²) in [5.74, 6) is -5.74. The van der Waals surface area contributed by atoms with Gasteiger partial charge in [-0.25, -0.2) is 18.2 Å². The molecule has 2 aromatic rings. The normalized spacial score (nSPS) is 25.9. The molecule has 0 atom stereocenters. The van der Waals surface area contributed by atoms with Gasteiger partial charge >= 0.3 is 0 Å². The summed E-state index contributed by atoms with van der Waals surface area (Å²) in [6.07, 6.45) is -0.173. The lowest BCUT2D eigenvalue weighted by molar-refractivity contribution is -0.0794. The molecule has 0 spiro atoms. The van der Waals surface area contributed by atoms with E-state index in [0.29, 0.717) is 0 Å². The molecule has 2 fully saturated rings. The summed E-state index contributed by atoms with van der Waals surface area (Å²) in [7, 11) is 0. The molecular formula is C19H21F5N6. The van der Waals surface area contributed by atoms with Crippen LogP contribution in [0.2, 0.25) is 0 Å². The molecule has 162 valence electrons. The van der Waals surface area contributed by atoms with E-state index in [-0.39, 0.29) is 55.1 Å². The molecule has 2 aliphatic carbocycles. The highest BCUT2D eigenvalue weighted by molar-refractivity contribution is 5.54. The largest absolute Gasteiger partial charge is 0.351 e. The van der Waals surface area contributed by atoms with Crippen LogP contribution in [0.1, 0.15) is 45.2 Å². The van der Waals surface area contributed by atoms with E-state index in [2.05, 4.69) is 30.6 Å². The summed E-state index contributed by atoms with van der Waals surface area (Å²) in [4.78, 5) is 16.5. The number of pyridine rings is 1. The summed E-state index contributed by atoms with van der Waals surface area (Å²) in [5.41, 5.74) is -1.63. The maximum atomic E-state index is 13.8. The van der Waals surface area contributed by atoms with Crippen molar-refractivity contribution in [3.05, 3.63) is 23.9 Å². The quantitative estimate of drug-likeness (QED) is 0.658. The Morgan fingerprint density at radius 2 is 1.47 bits per heavy atom. The zero-order chi connectivity index (χ0) is 21.7. The highest BCUT2D eigenvalue weighted by Gasteiger charge is 2.46. The molecule has 2 saturated carbocycles. The molecule has 0 aromatic carbocycles. The predicted molar refractivity (Wildman–Crippen MR) is 100 cm³/mol. The topological polar surface area (TPSA) is 75.6 Å². The fourth-order valence-corrected chi connectivity index (χ4v) is 3.62. The number of rotatable bonds is 6. The number of hydrogen-bond donors (Lipinski definition) is 2. The predicted octanol–water partition coefficient (Wildman–Crippen LogP) is 4.56. The van der Waals surface area contributed by atoms with Gasteiger partial charge in [0.25, 0.3) is 11.8 Å². The maximum Gasteiger partial charge on any atom is 0.286 e. The van der Waals surface area contributed by atoms with E-state index in [1.807, 2.05) is 0 Å². The van der Waals surface area contributed by atoms with Gasteiger partial charge in [-0.05, 0) is 19.1 Å². The van der Waals surface area contributed by atoms with Gasteiger partial charge in [-0.15, -0.1) is 0 Å². The number of hydrogen-bond acceptors (Lipinski definition) is 6. The molecule has 11 heteroatoms. The Morgan fingerprint density at radius 1 is 0.900 bits per heavy atom. The first kappa shape index (κ1) is 20.7. The van der Waals surface area contributed by atoms with E-state index >= 15 is 0 Å². The fraction of sp³-hybridized carbons (Fsp3) is 0.579. The van der Waals surface area contributed by atoms with Crippen molar-refractivity contribution < 1.29 is 22.0 Å². The lowest BCUT2D eigenvalue weighted by atomic mass is 9.79. The molecule has 0 unspecified atom stereocenters. The van der Waals surface area contributed by atoms with Crippen molar-refractivity contribution in [2.45, 2.75) is 69.1 Å². The van der Waals surface area contributed by atoms with Crippen molar-refractivity contribution in [2.75, 3.05) is 10.6 Å². The summed E-state index contributed by atoms with van der Waals surface area (Å²) in [6.45, 7) is 2.22. The van der Waals surface area contributed by atoms with Crippen molar-refractivity contribution in [1.82, 2.24) is 19.9 Å². The number of nitrogens with zero attached hydrogens (tertiary/aromatic N) is 4. The molecule has 30 heavy (non-hydrogen) atoms. The molecule has 0 amide bonds. The zero-order valence-corrected chi connectivity index (χ0v) is 16.4. The molecule has 2 aromatic heterocycles. The van der Waals surface area contributed by atoms with E-state index < -0.39 is 29.2 Å². The first-order chi connectivity index (χ1) is 13.9. The molecule has 6 nitrogen and oxygen atoms in total. The van der Waals surface area contributed by atoms with Crippen LogP contribution in [-0.2, 0) is 5.92 Å². The Labute approximate surface area is 169 Å². The van der Waals surface area contributed by atoms with E-state index in [1.54, 1.807) is 0 Å². The molecule has 0 saturated heterocycles. The van der Waals surface area contributed by atoms with Crippen LogP contribution in [-0.4, -0.2) is 43.6 Å². The molecular weight excluding hydrogens is 407 g/mol. The molecule has 2 aliphatic rings. The number of halogens is 5. The minimum absolute atomic E-state index is 0.00881. The van der Waals surface area contributed by atoms with Crippen molar-refractivity contribution >= 4 is 11.9 Å². The van der Waals surface area contributed by atoms with Gasteiger partial charge < -0.3 is 10.6 Å². The number of aromatic nitrogens is 4. The second-order valence-electron chi connectivity index (χ2n) is 8.37. The lowest BCUT2D eigenvalue weighted by Gasteiger charge is -2.39. The SMILES string of the molecule is CC1(F)CC(Nc2nc(NC3CC(F)(F)C3)nc(-c3cccc(C(C)(F)F)n3)n2)C1. The lowest BCUT2D eigenvalue weighted by Crippen LogP contribution is -2.46. The average Bonchev–Trinajstić information content (AvgIpc) is 2.58. The minimum atomic E-state index is -3.15. The molecule has 4 rings (SSSR count). The Hall–Kier alpha value is -2.59. The van der Waals surface area contributed by atoms with Crippen LogP contribution >= 0.6 is 0 Å². The fourth-order valence-electron chi connectivity index (χ4n) is 3.62. The molecule has 2 N–H and O–H groups in total. The van der Waals surface area contributed by atoms with Gasteiger partial charge in [-0.3, -0.25) is 0 Å². The highest BCUT2D eigenvalue weighted by atomic mass is 19.3. The van der Waals surface area contributed by atoms with Crippen LogP contribution in [0.15, 0.2) is 18.2 Å². The number of nitrogens with one attached hydrogen (secondary N) is 2. The zero-order valence-electron chi connectivity index (χ0n) is 16.4. The third kappa shape index (κ3) is 4.59. The van der Waals surface area contributed by atoms with E-state index in [0.717, 1.165) is 6.92 Å². The van der Waals surface area contributed by atoms with Crippen LogP contribution < -0.4 is 10.6 Å². The summed E-state index contributed by atoms with van der Waals surface area (Å²) < 4.78 is 67.4. The molecule has 2 heterocycles. The van der Waals surface area contributed by atoms with Gasteiger partial charge in [0.05, 0.1) is 0 Å². The van der Waals surface area contributed by atoms with Crippen molar-refractivity contribution in [3.8, 4) is 11.5 Å². The Kier molecular flexibility index (Phi) is 4.81. The Balaban J connectivity index is 1.61. The number of alkyl halides is 5. The van der Waals surface area contributed by atoms with Gasteiger partial charge in [-0.1, -0.05) is 6.07 Å². The Bertz CT molecular complexity index is 885. The first-order valence-electron chi connectivity index (χ1n) is 9.60.